The van der Waals surface area contributed by atoms with Crippen LogP contribution < -0.4 is 5.32 Å². The number of nitrogens with zero attached hydrogens (tertiary/aromatic N) is 1. The number of hydrogen-bond acceptors (Lipinski definition) is 4. The summed E-state index contributed by atoms with van der Waals surface area (Å²) >= 11 is 6.23. The van der Waals surface area contributed by atoms with Crippen LogP contribution in [-0.2, 0) is 0 Å². The minimum absolute atomic E-state index is 0.212. The summed E-state index contributed by atoms with van der Waals surface area (Å²) in [6, 6.07) is 18.8. The van der Waals surface area contributed by atoms with Crippen molar-refractivity contribution >= 4 is 34.3 Å². The van der Waals surface area contributed by atoms with Crippen molar-refractivity contribution in [3.63, 3.8) is 0 Å². The number of carbonyl (C=O) groups excluding carboxylic acids is 1. The van der Waals surface area contributed by atoms with E-state index in [2.05, 4.69) is 17.2 Å². The number of carbonyl (C=O) groups is 1. The van der Waals surface area contributed by atoms with E-state index in [4.69, 9.17) is 20.4 Å². The molecule has 170 valence electrons. The third-order valence-corrected chi connectivity index (χ3v) is 6.43. The van der Waals surface area contributed by atoms with Crippen LogP contribution in [0, 0.1) is 27.7 Å². The molecule has 5 nitrogen and oxygen atoms in total. The quantitative estimate of drug-likeness (QED) is 0.290. The third-order valence-electron chi connectivity index (χ3n) is 6.02. The summed E-state index contributed by atoms with van der Waals surface area (Å²) in [5.41, 5.74) is 8.01. The molecule has 1 N–H and O–H groups in total. The molecule has 0 saturated heterocycles. The number of fused-ring (bicyclic) bond motifs is 1. The molecule has 2 aromatic heterocycles. The maximum Gasteiger partial charge on any atom is 0.291 e. The molecule has 5 rings (SSSR count). The highest BCUT2D eigenvalue weighted by atomic mass is 35.5. The van der Waals surface area contributed by atoms with E-state index < -0.39 is 0 Å². The van der Waals surface area contributed by atoms with Gasteiger partial charge in [0.1, 0.15) is 11.3 Å². The molecule has 0 aliphatic heterocycles. The van der Waals surface area contributed by atoms with Crippen LogP contribution in [-0.4, -0.2) is 10.9 Å². The zero-order chi connectivity index (χ0) is 24.0. The van der Waals surface area contributed by atoms with Crippen LogP contribution in [0.1, 0.15) is 32.8 Å². The van der Waals surface area contributed by atoms with Gasteiger partial charge in [-0.05, 0) is 92.4 Å². The first kappa shape index (κ1) is 22.0. The molecule has 0 radical (unpaired) electrons. The van der Waals surface area contributed by atoms with E-state index in [1.807, 2.05) is 69.3 Å². The van der Waals surface area contributed by atoms with E-state index in [1.165, 1.54) is 0 Å². The summed E-state index contributed by atoms with van der Waals surface area (Å²) in [4.78, 5) is 17.6. The molecule has 0 aliphatic carbocycles. The van der Waals surface area contributed by atoms with Gasteiger partial charge in [-0.2, -0.15) is 0 Å². The number of aromatic nitrogens is 1. The van der Waals surface area contributed by atoms with Gasteiger partial charge in [-0.25, -0.2) is 4.98 Å². The molecule has 3 aromatic carbocycles. The normalized spacial score (nSPS) is 11.2. The molecule has 1 amide bonds. The van der Waals surface area contributed by atoms with Crippen molar-refractivity contribution < 1.29 is 13.6 Å². The van der Waals surface area contributed by atoms with E-state index in [0.717, 1.165) is 44.5 Å². The van der Waals surface area contributed by atoms with Gasteiger partial charge < -0.3 is 14.2 Å². The number of nitrogens with one attached hydrogen (secondary N) is 1. The molecule has 5 aromatic rings. The molecule has 0 aliphatic rings. The highest BCUT2D eigenvalue weighted by Gasteiger charge is 2.16. The molecule has 6 heteroatoms. The Labute approximate surface area is 202 Å². The number of benzene rings is 3. The SMILES string of the molecule is Cc1cc2nc(-c3ccc(C)c(NC(=O)c4ccc(-c5ccc(C)c(Cl)c5)o4)c3)oc2cc1C. The zero-order valence-electron chi connectivity index (χ0n) is 19.3. The second kappa shape index (κ2) is 8.50. The van der Waals surface area contributed by atoms with Gasteiger partial charge in [0.2, 0.25) is 5.89 Å². The van der Waals surface area contributed by atoms with Gasteiger partial charge in [-0.3, -0.25) is 4.79 Å². The molecule has 2 heterocycles. The Morgan fingerprint density at radius 2 is 1.53 bits per heavy atom. The molecule has 0 spiro atoms. The van der Waals surface area contributed by atoms with Crippen LogP contribution in [0.2, 0.25) is 5.02 Å². The maximum absolute atomic E-state index is 12.9. The molecule has 0 fully saturated rings. The Balaban J connectivity index is 1.41. The Kier molecular flexibility index (Phi) is 5.50. The van der Waals surface area contributed by atoms with Crippen LogP contribution in [0.3, 0.4) is 0 Å². The van der Waals surface area contributed by atoms with Gasteiger partial charge in [-0.15, -0.1) is 0 Å². The van der Waals surface area contributed by atoms with Crippen molar-refractivity contribution in [2.24, 2.45) is 0 Å². The molecule has 0 atom stereocenters. The summed E-state index contributed by atoms with van der Waals surface area (Å²) in [5, 5.41) is 3.60. The van der Waals surface area contributed by atoms with Crippen molar-refractivity contribution in [3.8, 4) is 22.8 Å². The standard InChI is InChI=1S/C28H23ClN2O3/c1-15-5-7-19(13-21(15)29)24-9-10-25(33-24)27(32)30-22-14-20(8-6-16(22)2)28-31-23-11-17(3)18(4)12-26(23)34-28/h5-14H,1-4H3,(H,30,32). The summed E-state index contributed by atoms with van der Waals surface area (Å²) in [6.07, 6.45) is 0. The second-order valence-corrected chi connectivity index (χ2v) is 8.94. The Morgan fingerprint density at radius 1 is 0.794 bits per heavy atom. The maximum atomic E-state index is 12.9. The molecular weight excluding hydrogens is 448 g/mol. The number of hydrogen-bond donors (Lipinski definition) is 1. The first-order valence-corrected chi connectivity index (χ1v) is 11.3. The van der Waals surface area contributed by atoms with Crippen molar-refractivity contribution in [1.29, 1.82) is 0 Å². The van der Waals surface area contributed by atoms with Crippen LogP contribution in [0.4, 0.5) is 5.69 Å². The molecule has 0 unspecified atom stereocenters. The molecule has 34 heavy (non-hydrogen) atoms. The van der Waals surface area contributed by atoms with Crippen LogP contribution in [0.15, 0.2) is 69.5 Å². The first-order chi connectivity index (χ1) is 16.3. The summed E-state index contributed by atoms with van der Waals surface area (Å²) in [6.45, 7) is 7.96. The number of halogens is 1. The predicted molar refractivity (Wildman–Crippen MR) is 136 cm³/mol. The molecule has 0 bridgehead atoms. The topological polar surface area (TPSA) is 68.3 Å². The molecule has 0 saturated carbocycles. The van der Waals surface area contributed by atoms with E-state index in [9.17, 15) is 4.79 Å². The van der Waals surface area contributed by atoms with E-state index in [-0.39, 0.29) is 11.7 Å². The average molecular weight is 471 g/mol. The lowest BCUT2D eigenvalue weighted by molar-refractivity contribution is 0.0997. The summed E-state index contributed by atoms with van der Waals surface area (Å²) < 4.78 is 11.8. The van der Waals surface area contributed by atoms with Gasteiger partial charge in [-0.1, -0.05) is 29.8 Å². The minimum atomic E-state index is -0.339. The Morgan fingerprint density at radius 3 is 2.32 bits per heavy atom. The Bertz CT molecular complexity index is 1520. The smallest absolute Gasteiger partial charge is 0.291 e. The number of anilines is 1. The van der Waals surface area contributed by atoms with E-state index in [1.54, 1.807) is 12.1 Å². The van der Waals surface area contributed by atoms with Crippen LogP contribution in [0.25, 0.3) is 33.9 Å². The number of amides is 1. The number of furan rings is 1. The number of oxazole rings is 1. The van der Waals surface area contributed by atoms with Gasteiger partial charge in [0.05, 0.1) is 0 Å². The lowest BCUT2D eigenvalue weighted by Crippen LogP contribution is -2.11. The largest absolute Gasteiger partial charge is 0.451 e. The zero-order valence-corrected chi connectivity index (χ0v) is 20.1. The minimum Gasteiger partial charge on any atom is -0.451 e. The van der Waals surface area contributed by atoms with E-state index >= 15 is 0 Å². The fourth-order valence-electron chi connectivity index (χ4n) is 3.74. The Hall–Kier alpha value is -3.83. The highest BCUT2D eigenvalue weighted by molar-refractivity contribution is 6.31. The van der Waals surface area contributed by atoms with E-state index in [0.29, 0.717) is 22.4 Å². The summed E-state index contributed by atoms with van der Waals surface area (Å²) in [7, 11) is 0. The molecular formula is C28H23ClN2O3. The second-order valence-electron chi connectivity index (χ2n) is 8.53. The predicted octanol–water partition coefficient (Wildman–Crippen LogP) is 7.89. The van der Waals surface area contributed by atoms with Crippen molar-refractivity contribution in [3.05, 3.63) is 93.7 Å². The van der Waals surface area contributed by atoms with Crippen LogP contribution >= 0.6 is 11.6 Å². The third kappa shape index (κ3) is 4.11. The fourth-order valence-corrected chi connectivity index (χ4v) is 3.92. The van der Waals surface area contributed by atoms with Crippen molar-refractivity contribution in [2.45, 2.75) is 27.7 Å². The van der Waals surface area contributed by atoms with Crippen molar-refractivity contribution in [1.82, 2.24) is 4.98 Å². The number of aryl methyl sites for hydroxylation is 4. The van der Waals surface area contributed by atoms with Gasteiger partial charge in [0.15, 0.2) is 11.3 Å². The first-order valence-electron chi connectivity index (χ1n) is 10.9. The van der Waals surface area contributed by atoms with Crippen molar-refractivity contribution in [2.75, 3.05) is 5.32 Å². The van der Waals surface area contributed by atoms with Gasteiger partial charge >= 0.3 is 0 Å². The average Bonchev–Trinajstić information content (AvgIpc) is 3.45. The lowest BCUT2D eigenvalue weighted by atomic mass is 10.1. The number of rotatable bonds is 4. The monoisotopic (exact) mass is 470 g/mol. The van der Waals surface area contributed by atoms with Gasteiger partial charge in [0.25, 0.3) is 5.91 Å². The highest BCUT2D eigenvalue weighted by Crippen LogP contribution is 2.30. The summed E-state index contributed by atoms with van der Waals surface area (Å²) in [5.74, 6) is 0.958. The van der Waals surface area contributed by atoms with Crippen LogP contribution in [0.5, 0.6) is 0 Å². The lowest BCUT2D eigenvalue weighted by Gasteiger charge is -2.08. The fraction of sp³-hybridized carbons (Fsp3) is 0.143. The van der Waals surface area contributed by atoms with Gasteiger partial charge in [0, 0.05) is 21.8 Å².